The summed E-state index contributed by atoms with van der Waals surface area (Å²) < 4.78 is 0. The molecule has 2 N–H and O–H groups in total. The monoisotopic (exact) mass is 262 g/mol. The molecule has 0 aliphatic rings. The van der Waals surface area contributed by atoms with Crippen LogP contribution in [0.2, 0.25) is 0 Å². The van der Waals surface area contributed by atoms with Gasteiger partial charge in [-0.3, -0.25) is 9.59 Å². The average molecular weight is 262 g/mol. The highest BCUT2D eigenvalue weighted by atomic mass is 16.2. The summed E-state index contributed by atoms with van der Waals surface area (Å²) in [5, 5.41) is 5.44. The lowest BCUT2D eigenvalue weighted by Gasteiger charge is -2.20. The van der Waals surface area contributed by atoms with Gasteiger partial charge in [0.1, 0.15) is 0 Å². The van der Waals surface area contributed by atoms with E-state index in [0.29, 0.717) is 5.56 Å². The molecule has 0 saturated heterocycles. The Kier molecular flexibility index (Phi) is 4.70. The summed E-state index contributed by atoms with van der Waals surface area (Å²) in [7, 11) is 0. The van der Waals surface area contributed by atoms with Gasteiger partial charge in [-0.05, 0) is 46.2 Å². The Morgan fingerprint density at radius 2 is 1.79 bits per heavy atom. The van der Waals surface area contributed by atoms with Crippen LogP contribution in [0, 0.1) is 13.8 Å². The predicted molar refractivity (Wildman–Crippen MR) is 76.1 cm³/mol. The van der Waals surface area contributed by atoms with E-state index >= 15 is 0 Å². The van der Waals surface area contributed by atoms with Gasteiger partial charge in [0.2, 0.25) is 5.91 Å². The predicted octanol–water partition coefficient (Wildman–Crippen LogP) is 1.95. The average Bonchev–Trinajstić information content (AvgIpc) is 2.27. The maximum absolute atomic E-state index is 12.0. The van der Waals surface area contributed by atoms with Gasteiger partial charge in [-0.25, -0.2) is 0 Å². The van der Waals surface area contributed by atoms with Gasteiger partial charge in [0.15, 0.2) is 0 Å². The maximum atomic E-state index is 12.0. The van der Waals surface area contributed by atoms with E-state index in [9.17, 15) is 9.59 Å². The molecule has 0 bridgehead atoms. The Labute approximate surface area is 114 Å². The van der Waals surface area contributed by atoms with Crippen LogP contribution in [-0.4, -0.2) is 23.9 Å². The number of aryl methyl sites for hydroxylation is 2. The standard InChI is InChI=1S/C15H22N2O2/c1-10-6-7-11(2)12(8-10)14(19)16-9-13(18)17-15(3,4)5/h6-8H,9H2,1-5H3,(H,16,19)(H,17,18). The van der Waals surface area contributed by atoms with Gasteiger partial charge in [-0.2, -0.15) is 0 Å². The van der Waals surface area contributed by atoms with E-state index in [1.54, 1.807) is 0 Å². The lowest BCUT2D eigenvalue weighted by atomic mass is 10.1. The minimum atomic E-state index is -0.291. The van der Waals surface area contributed by atoms with Gasteiger partial charge in [0.25, 0.3) is 5.91 Å². The Morgan fingerprint density at radius 1 is 1.16 bits per heavy atom. The van der Waals surface area contributed by atoms with Gasteiger partial charge in [-0.15, -0.1) is 0 Å². The quantitative estimate of drug-likeness (QED) is 0.874. The number of rotatable bonds is 3. The molecule has 0 radical (unpaired) electrons. The van der Waals surface area contributed by atoms with Crippen LogP contribution in [0.3, 0.4) is 0 Å². The van der Waals surface area contributed by atoms with E-state index in [1.807, 2.05) is 52.8 Å². The number of nitrogens with one attached hydrogen (secondary N) is 2. The van der Waals surface area contributed by atoms with Crippen molar-refractivity contribution >= 4 is 11.8 Å². The molecule has 104 valence electrons. The fourth-order valence-electron chi connectivity index (χ4n) is 1.70. The van der Waals surface area contributed by atoms with Crippen LogP contribution in [0.5, 0.6) is 0 Å². The zero-order valence-corrected chi connectivity index (χ0v) is 12.3. The number of hydrogen-bond acceptors (Lipinski definition) is 2. The first kappa shape index (κ1) is 15.2. The summed E-state index contributed by atoms with van der Waals surface area (Å²) in [6.07, 6.45) is 0. The molecule has 4 heteroatoms. The van der Waals surface area contributed by atoms with Gasteiger partial charge in [0.05, 0.1) is 6.54 Å². The summed E-state index contributed by atoms with van der Waals surface area (Å²) in [5.74, 6) is -0.406. The number of benzene rings is 1. The van der Waals surface area contributed by atoms with Crippen molar-refractivity contribution in [2.45, 2.75) is 40.2 Å². The van der Waals surface area contributed by atoms with Crippen LogP contribution in [0.15, 0.2) is 18.2 Å². The molecule has 19 heavy (non-hydrogen) atoms. The normalized spacial score (nSPS) is 11.0. The number of amides is 2. The van der Waals surface area contributed by atoms with E-state index in [2.05, 4.69) is 10.6 Å². The van der Waals surface area contributed by atoms with Crippen LogP contribution < -0.4 is 10.6 Å². The molecule has 0 atom stereocenters. The third kappa shape index (κ3) is 5.12. The largest absolute Gasteiger partial charge is 0.350 e. The van der Waals surface area contributed by atoms with Gasteiger partial charge in [0, 0.05) is 11.1 Å². The zero-order chi connectivity index (χ0) is 14.6. The molecule has 0 unspecified atom stereocenters. The van der Waals surface area contributed by atoms with Crippen molar-refractivity contribution in [2.24, 2.45) is 0 Å². The summed E-state index contributed by atoms with van der Waals surface area (Å²) in [4.78, 5) is 23.6. The number of hydrogen-bond donors (Lipinski definition) is 2. The van der Waals surface area contributed by atoms with Crippen LogP contribution >= 0.6 is 0 Å². The van der Waals surface area contributed by atoms with Crippen molar-refractivity contribution in [3.8, 4) is 0 Å². The highest BCUT2D eigenvalue weighted by molar-refractivity contribution is 5.97. The Hall–Kier alpha value is -1.84. The third-order valence-electron chi connectivity index (χ3n) is 2.56. The highest BCUT2D eigenvalue weighted by Crippen LogP contribution is 2.10. The van der Waals surface area contributed by atoms with Crippen LogP contribution in [0.4, 0.5) is 0 Å². The van der Waals surface area contributed by atoms with Gasteiger partial charge >= 0.3 is 0 Å². The fourth-order valence-corrected chi connectivity index (χ4v) is 1.70. The summed E-state index contributed by atoms with van der Waals surface area (Å²) in [5.41, 5.74) is 2.25. The first-order valence-electron chi connectivity index (χ1n) is 6.35. The lowest BCUT2D eigenvalue weighted by molar-refractivity contribution is -0.121. The maximum Gasteiger partial charge on any atom is 0.251 e. The summed E-state index contributed by atoms with van der Waals surface area (Å²) in [6.45, 7) is 9.50. The lowest BCUT2D eigenvalue weighted by Crippen LogP contribution is -2.45. The summed E-state index contributed by atoms with van der Waals surface area (Å²) >= 11 is 0. The molecule has 0 aliphatic carbocycles. The van der Waals surface area contributed by atoms with Crippen LogP contribution in [-0.2, 0) is 4.79 Å². The van der Waals surface area contributed by atoms with E-state index < -0.39 is 0 Å². The van der Waals surface area contributed by atoms with Crippen molar-refractivity contribution in [3.05, 3.63) is 34.9 Å². The zero-order valence-electron chi connectivity index (χ0n) is 12.3. The smallest absolute Gasteiger partial charge is 0.251 e. The van der Waals surface area contributed by atoms with Crippen molar-refractivity contribution in [1.82, 2.24) is 10.6 Å². The molecule has 0 fully saturated rings. The fraction of sp³-hybridized carbons (Fsp3) is 0.467. The molecule has 2 amide bonds. The molecule has 0 aromatic heterocycles. The van der Waals surface area contributed by atoms with Crippen LogP contribution in [0.25, 0.3) is 0 Å². The SMILES string of the molecule is Cc1ccc(C)c(C(=O)NCC(=O)NC(C)(C)C)c1. The molecule has 0 spiro atoms. The first-order valence-corrected chi connectivity index (χ1v) is 6.35. The van der Waals surface area contributed by atoms with Gasteiger partial charge in [-0.1, -0.05) is 17.7 Å². The second-order valence-corrected chi connectivity index (χ2v) is 5.80. The number of carbonyl (C=O) groups excluding carboxylic acids is 2. The Morgan fingerprint density at radius 3 is 2.37 bits per heavy atom. The molecular formula is C15H22N2O2. The van der Waals surface area contributed by atoms with Crippen molar-refractivity contribution < 1.29 is 9.59 Å². The second kappa shape index (κ2) is 5.87. The molecule has 0 aliphatic heterocycles. The third-order valence-corrected chi connectivity index (χ3v) is 2.56. The minimum Gasteiger partial charge on any atom is -0.350 e. The van der Waals surface area contributed by atoms with Crippen molar-refractivity contribution in [3.63, 3.8) is 0 Å². The van der Waals surface area contributed by atoms with Gasteiger partial charge < -0.3 is 10.6 Å². The molecule has 1 aromatic carbocycles. The molecule has 0 saturated carbocycles. The van der Waals surface area contributed by atoms with Crippen LogP contribution in [0.1, 0.15) is 42.3 Å². The van der Waals surface area contributed by atoms with E-state index in [-0.39, 0.29) is 23.9 Å². The number of carbonyl (C=O) groups is 2. The topological polar surface area (TPSA) is 58.2 Å². The Bertz CT molecular complexity index is 487. The first-order chi connectivity index (χ1) is 8.69. The van der Waals surface area contributed by atoms with E-state index in [0.717, 1.165) is 11.1 Å². The Balaban J connectivity index is 2.61. The highest BCUT2D eigenvalue weighted by Gasteiger charge is 2.15. The molecule has 0 heterocycles. The van der Waals surface area contributed by atoms with E-state index in [4.69, 9.17) is 0 Å². The minimum absolute atomic E-state index is 0.0104. The molecule has 4 nitrogen and oxygen atoms in total. The molecular weight excluding hydrogens is 240 g/mol. The van der Waals surface area contributed by atoms with E-state index in [1.165, 1.54) is 0 Å². The molecule has 1 aromatic rings. The molecule has 1 rings (SSSR count). The second-order valence-electron chi connectivity index (χ2n) is 5.80. The van der Waals surface area contributed by atoms with Crippen molar-refractivity contribution in [2.75, 3.05) is 6.54 Å². The summed E-state index contributed by atoms with van der Waals surface area (Å²) in [6, 6.07) is 5.68. The van der Waals surface area contributed by atoms with Crippen molar-refractivity contribution in [1.29, 1.82) is 0 Å².